The van der Waals surface area contributed by atoms with Gasteiger partial charge < -0.3 is 10.1 Å². The van der Waals surface area contributed by atoms with Crippen LogP contribution in [0.25, 0.3) is 0 Å². The Kier molecular flexibility index (Phi) is 6.65. The van der Waals surface area contributed by atoms with Gasteiger partial charge in [-0.3, -0.25) is 9.36 Å². The van der Waals surface area contributed by atoms with Crippen LogP contribution in [-0.4, -0.2) is 45.7 Å². The lowest BCUT2D eigenvalue weighted by Gasteiger charge is -2.15. The minimum absolute atomic E-state index is 0.235. The summed E-state index contributed by atoms with van der Waals surface area (Å²) in [6.07, 6.45) is 0.623. The molecule has 7 nitrogen and oxygen atoms in total. The molecule has 8 heteroatoms. The number of ether oxygens (including phenoxy) is 1. The second-order valence-corrected chi connectivity index (χ2v) is 4.93. The molecule has 0 radical (unpaired) electrons. The number of aromatic nitrogens is 3. The van der Waals surface area contributed by atoms with Gasteiger partial charge >= 0.3 is 11.7 Å². The molecule has 108 valence electrons. The molecule has 1 unspecified atom stereocenters. The Balaban J connectivity index is 2.46. The smallest absolute Gasteiger partial charge is 0.343 e. The van der Waals surface area contributed by atoms with Crippen LogP contribution in [0.1, 0.15) is 20.3 Å². The first-order valence-electron chi connectivity index (χ1n) is 6.24. The Labute approximate surface area is 116 Å². The lowest BCUT2D eigenvalue weighted by molar-refractivity contribution is -0.145. The van der Waals surface area contributed by atoms with E-state index in [9.17, 15) is 9.59 Å². The molecule has 1 aromatic rings. The standard InChI is InChI=1S/C11H20N4O3S/c1-4-12-8(9(16)18-5-2)6-7-19-11-14-13-10(17)15(11)3/h8,12H,4-7H2,1-3H3,(H,13,17). The third kappa shape index (κ3) is 4.71. The Morgan fingerprint density at radius 3 is 2.84 bits per heavy atom. The predicted octanol–water partition coefficient (Wildman–Crippen LogP) is 0.132. The van der Waals surface area contributed by atoms with Crippen molar-refractivity contribution >= 4 is 17.7 Å². The zero-order chi connectivity index (χ0) is 14.3. The maximum Gasteiger partial charge on any atom is 0.343 e. The number of nitrogens with zero attached hydrogens (tertiary/aromatic N) is 2. The van der Waals surface area contributed by atoms with Crippen LogP contribution in [0.4, 0.5) is 0 Å². The summed E-state index contributed by atoms with van der Waals surface area (Å²) >= 11 is 1.43. The van der Waals surface area contributed by atoms with Crippen LogP contribution in [0.3, 0.4) is 0 Å². The highest BCUT2D eigenvalue weighted by Gasteiger charge is 2.18. The van der Waals surface area contributed by atoms with Crippen LogP contribution in [0.2, 0.25) is 0 Å². The van der Waals surface area contributed by atoms with Gasteiger partial charge in [-0.15, -0.1) is 5.10 Å². The van der Waals surface area contributed by atoms with Crippen LogP contribution in [0, 0.1) is 0 Å². The molecule has 19 heavy (non-hydrogen) atoms. The molecule has 1 aromatic heterocycles. The van der Waals surface area contributed by atoms with E-state index in [0.717, 1.165) is 0 Å². The monoisotopic (exact) mass is 288 g/mol. The predicted molar refractivity (Wildman–Crippen MR) is 73.3 cm³/mol. The summed E-state index contributed by atoms with van der Waals surface area (Å²) in [7, 11) is 1.65. The lowest BCUT2D eigenvalue weighted by atomic mass is 10.2. The molecule has 0 spiro atoms. The van der Waals surface area contributed by atoms with Gasteiger partial charge in [0.05, 0.1) is 6.61 Å². The average Bonchev–Trinajstić information content (AvgIpc) is 2.70. The van der Waals surface area contributed by atoms with Crippen LogP contribution in [-0.2, 0) is 16.6 Å². The van der Waals surface area contributed by atoms with E-state index in [-0.39, 0.29) is 17.7 Å². The Hall–Kier alpha value is -1.28. The van der Waals surface area contributed by atoms with Gasteiger partial charge in [0.1, 0.15) is 6.04 Å². The van der Waals surface area contributed by atoms with Crippen LogP contribution in [0.5, 0.6) is 0 Å². The summed E-state index contributed by atoms with van der Waals surface area (Å²) in [5.74, 6) is 0.440. The molecule has 0 fully saturated rings. The van der Waals surface area contributed by atoms with Crippen molar-refractivity contribution in [3.63, 3.8) is 0 Å². The second kappa shape index (κ2) is 8.00. The van der Waals surface area contributed by atoms with Gasteiger partial charge in [0, 0.05) is 12.8 Å². The van der Waals surface area contributed by atoms with Gasteiger partial charge in [-0.25, -0.2) is 9.89 Å². The first-order valence-corrected chi connectivity index (χ1v) is 7.22. The second-order valence-electron chi connectivity index (χ2n) is 3.87. The summed E-state index contributed by atoms with van der Waals surface area (Å²) in [6, 6.07) is -0.312. The average molecular weight is 288 g/mol. The molecule has 0 aliphatic carbocycles. The van der Waals surface area contributed by atoms with Gasteiger partial charge in [0.15, 0.2) is 5.16 Å². The van der Waals surface area contributed by atoms with Crippen molar-refractivity contribution in [3.8, 4) is 0 Å². The van der Waals surface area contributed by atoms with Gasteiger partial charge in [0.25, 0.3) is 0 Å². The Bertz CT molecular complexity index is 457. The summed E-state index contributed by atoms with van der Waals surface area (Å²) < 4.78 is 6.44. The third-order valence-corrected chi connectivity index (χ3v) is 3.56. The number of esters is 1. The van der Waals surface area contributed by atoms with Crippen molar-refractivity contribution in [3.05, 3.63) is 10.5 Å². The number of aromatic amines is 1. The molecule has 0 aliphatic rings. The zero-order valence-electron chi connectivity index (χ0n) is 11.4. The zero-order valence-corrected chi connectivity index (χ0v) is 12.2. The number of nitrogens with one attached hydrogen (secondary N) is 2. The number of H-pyrrole nitrogens is 1. The minimum atomic E-state index is -0.312. The van der Waals surface area contributed by atoms with Gasteiger partial charge in [-0.1, -0.05) is 18.7 Å². The van der Waals surface area contributed by atoms with Crippen molar-refractivity contribution in [2.24, 2.45) is 7.05 Å². The maximum atomic E-state index is 11.7. The van der Waals surface area contributed by atoms with Crippen molar-refractivity contribution in [1.29, 1.82) is 0 Å². The van der Waals surface area contributed by atoms with Gasteiger partial charge in [-0.05, 0) is 19.9 Å². The first kappa shape index (κ1) is 15.8. The lowest BCUT2D eigenvalue weighted by Crippen LogP contribution is -2.38. The highest BCUT2D eigenvalue weighted by molar-refractivity contribution is 7.99. The van der Waals surface area contributed by atoms with E-state index >= 15 is 0 Å². The summed E-state index contributed by atoms with van der Waals surface area (Å²) in [4.78, 5) is 22.9. The molecule has 0 bridgehead atoms. The fraction of sp³-hybridized carbons (Fsp3) is 0.727. The topological polar surface area (TPSA) is 89.0 Å². The van der Waals surface area contributed by atoms with Crippen LogP contribution >= 0.6 is 11.8 Å². The molecule has 0 saturated carbocycles. The molecule has 0 amide bonds. The molecule has 1 atom stereocenters. The van der Waals surface area contributed by atoms with Crippen LogP contribution in [0.15, 0.2) is 9.95 Å². The molecule has 0 aromatic carbocycles. The number of hydrogen-bond donors (Lipinski definition) is 2. The van der Waals surface area contributed by atoms with E-state index in [1.165, 1.54) is 16.3 Å². The van der Waals surface area contributed by atoms with E-state index in [1.54, 1.807) is 14.0 Å². The molecule has 0 aliphatic heterocycles. The fourth-order valence-corrected chi connectivity index (χ4v) is 2.45. The number of rotatable bonds is 8. The fourth-order valence-electron chi connectivity index (χ4n) is 1.52. The number of hydrogen-bond acceptors (Lipinski definition) is 6. The molecular weight excluding hydrogens is 268 g/mol. The Morgan fingerprint density at radius 1 is 1.58 bits per heavy atom. The number of carbonyl (C=O) groups is 1. The quantitative estimate of drug-likeness (QED) is 0.522. The normalized spacial score (nSPS) is 12.4. The van der Waals surface area contributed by atoms with Crippen molar-refractivity contribution in [2.45, 2.75) is 31.5 Å². The van der Waals surface area contributed by atoms with E-state index < -0.39 is 0 Å². The van der Waals surface area contributed by atoms with E-state index in [2.05, 4.69) is 15.5 Å². The molecule has 0 saturated heterocycles. The highest BCUT2D eigenvalue weighted by atomic mass is 32.2. The number of carbonyl (C=O) groups excluding carboxylic acids is 1. The van der Waals surface area contributed by atoms with E-state index in [4.69, 9.17) is 4.74 Å². The van der Waals surface area contributed by atoms with E-state index in [1.807, 2.05) is 6.92 Å². The van der Waals surface area contributed by atoms with Crippen molar-refractivity contribution in [2.75, 3.05) is 18.9 Å². The number of likely N-dealkylation sites (N-methyl/N-ethyl adjacent to an activating group) is 1. The molecule has 2 N–H and O–H groups in total. The summed E-state index contributed by atoms with van der Waals surface area (Å²) in [6.45, 7) is 4.81. The summed E-state index contributed by atoms with van der Waals surface area (Å²) in [5.41, 5.74) is -0.240. The SMILES string of the molecule is CCNC(CCSc1n[nH]c(=O)n1C)C(=O)OCC. The van der Waals surface area contributed by atoms with E-state index in [0.29, 0.717) is 30.5 Å². The molecule has 1 rings (SSSR count). The molecular formula is C11H20N4O3S. The number of thioether (sulfide) groups is 1. The Morgan fingerprint density at radius 2 is 2.32 bits per heavy atom. The van der Waals surface area contributed by atoms with Gasteiger partial charge in [-0.2, -0.15) is 0 Å². The van der Waals surface area contributed by atoms with Crippen molar-refractivity contribution in [1.82, 2.24) is 20.1 Å². The van der Waals surface area contributed by atoms with Crippen LogP contribution < -0.4 is 11.0 Å². The first-order chi connectivity index (χ1) is 9.10. The largest absolute Gasteiger partial charge is 0.465 e. The van der Waals surface area contributed by atoms with Crippen molar-refractivity contribution < 1.29 is 9.53 Å². The van der Waals surface area contributed by atoms with Gasteiger partial charge in [0.2, 0.25) is 0 Å². The molecule has 1 heterocycles. The third-order valence-electron chi connectivity index (χ3n) is 2.50. The summed E-state index contributed by atoms with van der Waals surface area (Å²) in [5, 5.41) is 9.97. The minimum Gasteiger partial charge on any atom is -0.465 e. The maximum absolute atomic E-state index is 11.7. The highest BCUT2D eigenvalue weighted by Crippen LogP contribution is 2.14.